The molecule has 0 heterocycles. The van der Waals surface area contributed by atoms with E-state index in [1.165, 1.54) is 5.57 Å². The maximum Gasteiger partial charge on any atom is 0.155 e. The summed E-state index contributed by atoms with van der Waals surface area (Å²) in [5, 5.41) is 32.7. The molecule has 4 aliphatic rings. The molecule has 0 bridgehead atoms. The van der Waals surface area contributed by atoms with Crippen LogP contribution in [0.3, 0.4) is 0 Å². The van der Waals surface area contributed by atoms with Crippen LogP contribution < -0.4 is 0 Å². The SMILES string of the molecule is CC(O)[C@@]1(O)CC[C@H]2[C@@H]3CCC4=CC(=O)CC[C@]4(C)[C@H]3C(O)C[C@@]21C. The van der Waals surface area contributed by atoms with Gasteiger partial charge in [-0.05, 0) is 74.7 Å². The minimum absolute atomic E-state index is 0.0941. The zero-order valence-corrected chi connectivity index (χ0v) is 15.7. The van der Waals surface area contributed by atoms with Crippen molar-refractivity contribution in [3.05, 3.63) is 11.6 Å². The largest absolute Gasteiger partial charge is 0.393 e. The van der Waals surface area contributed by atoms with E-state index in [1.54, 1.807) is 6.92 Å². The molecular weight excluding hydrogens is 316 g/mol. The second-order valence-corrected chi connectivity index (χ2v) is 9.72. The van der Waals surface area contributed by atoms with E-state index in [-0.39, 0.29) is 17.1 Å². The van der Waals surface area contributed by atoms with Crippen molar-refractivity contribution >= 4 is 5.78 Å². The maximum atomic E-state index is 11.9. The van der Waals surface area contributed by atoms with Gasteiger partial charge in [0.1, 0.15) is 0 Å². The van der Waals surface area contributed by atoms with Gasteiger partial charge in [0.15, 0.2) is 5.78 Å². The lowest BCUT2D eigenvalue weighted by molar-refractivity contribution is -0.199. The molecule has 2 unspecified atom stereocenters. The van der Waals surface area contributed by atoms with Gasteiger partial charge in [-0.3, -0.25) is 4.79 Å². The molecule has 3 fully saturated rings. The number of hydrogen-bond donors (Lipinski definition) is 3. The minimum atomic E-state index is -1.11. The highest BCUT2D eigenvalue weighted by molar-refractivity contribution is 5.91. The Morgan fingerprint density at radius 2 is 1.92 bits per heavy atom. The normalized spacial score (nSPS) is 53.5. The molecule has 4 aliphatic carbocycles. The van der Waals surface area contributed by atoms with E-state index in [4.69, 9.17) is 0 Å². The van der Waals surface area contributed by atoms with Gasteiger partial charge in [0.05, 0.1) is 17.8 Å². The summed E-state index contributed by atoms with van der Waals surface area (Å²) < 4.78 is 0. The molecule has 8 atom stereocenters. The van der Waals surface area contributed by atoms with E-state index in [0.717, 1.165) is 25.7 Å². The molecule has 0 aromatic rings. The predicted octanol–water partition coefficient (Wildman–Crippen LogP) is 2.60. The smallest absolute Gasteiger partial charge is 0.155 e. The molecule has 0 aromatic carbocycles. The molecule has 25 heavy (non-hydrogen) atoms. The van der Waals surface area contributed by atoms with Crippen molar-refractivity contribution in [3.8, 4) is 0 Å². The number of carbonyl (C=O) groups excluding carboxylic acids is 1. The molecule has 0 saturated heterocycles. The average Bonchev–Trinajstić information content (AvgIpc) is 2.80. The standard InChI is InChI=1S/C21H32O4/c1-12(22)21(25)9-7-16-15-5-4-13-10-14(23)6-8-19(13,2)18(15)17(24)11-20(16,21)3/h10,12,15-18,22,24-25H,4-9,11H2,1-3H3/t12?,15-,16-,17?,18+,19-,20-,21-/m0/s1. The summed E-state index contributed by atoms with van der Waals surface area (Å²) in [5.74, 6) is 1.08. The maximum absolute atomic E-state index is 11.9. The van der Waals surface area contributed by atoms with E-state index >= 15 is 0 Å². The topological polar surface area (TPSA) is 77.8 Å². The number of aliphatic hydroxyl groups is 3. The third kappa shape index (κ3) is 2.14. The second-order valence-electron chi connectivity index (χ2n) is 9.72. The van der Waals surface area contributed by atoms with Crippen LogP contribution in [-0.2, 0) is 4.79 Å². The number of aliphatic hydroxyl groups excluding tert-OH is 2. The lowest BCUT2D eigenvalue weighted by Gasteiger charge is -2.61. The number of rotatable bonds is 1. The fraction of sp³-hybridized carbons (Fsp3) is 0.857. The lowest BCUT2D eigenvalue weighted by Crippen LogP contribution is -2.62. The summed E-state index contributed by atoms with van der Waals surface area (Å²) in [7, 11) is 0. The number of fused-ring (bicyclic) bond motifs is 5. The highest BCUT2D eigenvalue weighted by atomic mass is 16.3. The minimum Gasteiger partial charge on any atom is -0.393 e. The van der Waals surface area contributed by atoms with Crippen molar-refractivity contribution < 1.29 is 20.1 Å². The van der Waals surface area contributed by atoms with Crippen LogP contribution >= 0.6 is 0 Å². The van der Waals surface area contributed by atoms with Gasteiger partial charge < -0.3 is 15.3 Å². The monoisotopic (exact) mass is 348 g/mol. The Morgan fingerprint density at radius 1 is 1.20 bits per heavy atom. The van der Waals surface area contributed by atoms with Crippen LogP contribution in [0.5, 0.6) is 0 Å². The number of allylic oxidation sites excluding steroid dienone is 1. The molecule has 0 amide bonds. The first-order valence-electron chi connectivity index (χ1n) is 9.96. The van der Waals surface area contributed by atoms with Crippen molar-refractivity contribution in [2.75, 3.05) is 0 Å². The van der Waals surface area contributed by atoms with E-state index < -0.39 is 23.2 Å². The van der Waals surface area contributed by atoms with E-state index in [1.807, 2.05) is 6.08 Å². The third-order valence-corrected chi connectivity index (χ3v) is 8.80. The van der Waals surface area contributed by atoms with Crippen LogP contribution in [0.4, 0.5) is 0 Å². The molecule has 140 valence electrons. The van der Waals surface area contributed by atoms with Crippen molar-refractivity contribution in [2.24, 2.45) is 28.6 Å². The summed E-state index contributed by atoms with van der Waals surface area (Å²) >= 11 is 0. The summed E-state index contributed by atoms with van der Waals surface area (Å²) in [5.41, 5.74) is -0.410. The van der Waals surface area contributed by atoms with Crippen molar-refractivity contribution in [3.63, 3.8) is 0 Å². The van der Waals surface area contributed by atoms with Gasteiger partial charge >= 0.3 is 0 Å². The van der Waals surface area contributed by atoms with Crippen LogP contribution in [-0.4, -0.2) is 38.9 Å². The molecule has 0 radical (unpaired) electrons. The fourth-order valence-corrected chi connectivity index (χ4v) is 7.41. The van der Waals surface area contributed by atoms with Gasteiger partial charge in [-0.25, -0.2) is 0 Å². The van der Waals surface area contributed by atoms with Crippen LogP contribution in [0.25, 0.3) is 0 Å². The highest BCUT2D eigenvalue weighted by Gasteiger charge is 2.67. The third-order valence-electron chi connectivity index (χ3n) is 8.80. The van der Waals surface area contributed by atoms with Gasteiger partial charge in [-0.2, -0.15) is 0 Å². The second kappa shape index (κ2) is 5.40. The molecule has 3 N–H and O–H groups in total. The fourth-order valence-electron chi connectivity index (χ4n) is 7.41. The Morgan fingerprint density at radius 3 is 2.60 bits per heavy atom. The quantitative estimate of drug-likeness (QED) is 0.681. The summed E-state index contributed by atoms with van der Waals surface area (Å²) in [6.07, 6.45) is 5.96. The average molecular weight is 348 g/mol. The molecule has 4 rings (SSSR count). The van der Waals surface area contributed by atoms with Gasteiger partial charge in [0, 0.05) is 11.8 Å². The molecule has 0 spiro atoms. The van der Waals surface area contributed by atoms with Crippen LogP contribution in [0.2, 0.25) is 0 Å². The zero-order chi connectivity index (χ0) is 18.2. The Labute approximate surface area is 150 Å². The zero-order valence-electron chi connectivity index (χ0n) is 15.7. The lowest BCUT2D eigenvalue weighted by atomic mass is 9.45. The van der Waals surface area contributed by atoms with E-state index in [0.29, 0.717) is 31.1 Å². The molecule has 4 heteroatoms. The first kappa shape index (κ1) is 17.7. The summed E-state index contributed by atoms with van der Waals surface area (Å²) in [4.78, 5) is 11.9. The van der Waals surface area contributed by atoms with Gasteiger partial charge in [-0.1, -0.05) is 19.4 Å². The molecule has 0 aliphatic heterocycles. The Balaban J connectivity index is 1.74. The molecule has 0 aromatic heterocycles. The van der Waals surface area contributed by atoms with Gasteiger partial charge in [0.2, 0.25) is 0 Å². The van der Waals surface area contributed by atoms with E-state index in [9.17, 15) is 20.1 Å². The van der Waals surface area contributed by atoms with Crippen molar-refractivity contribution in [2.45, 2.75) is 83.5 Å². The molecule has 3 saturated carbocycles. The predicted molar refractivity (Wildman–Crippen MR) is 94.7 cm³/mol. The van der Waals surface area contributed by atoms with Crippen LogP contribution in [0.15, 0.2) is 11.6 Å². The summed E-state index contributed by atoms with van der Waals surface area (Å²) in [6.45, 7) is 6.00. The Kier molecular flexibility index (Phi) is 3.82. The first-order valence-corrected chi connectivity index (χ1v) is 9.96. The number of hydrogen-bond acceptors (Lipinski definition) is 4. The van der Waals surface area contributed by atoms with Crippen molar-refractivity contribution in [1.29, 1.82) is 0 Å². The molecule has 4 nitrogen and oxygen atoms in total. The number of ketones is 1. The highest BCUT2D eigenvalue weighted by Crippen LogP contribution is 2.67. The number of carbonyl (C=O) groups is 1. The van der Waals surface area contributed by atoms with E-state index in [2.05, 4.69) is 13.8 Å². The molecular formula is C21H32O4. The van der Waals surface area contributed by atoms with Gasteiger partial charge in [-0.15, -0.1) is 0 Å². The van der Waals surface area contributed by atoms with Crippen LogP contribution in [0, 0.1) is 28.6 Å². The van der Waals surface area contributed by atoms with Crippen molar-refractivity contribution in [1.82, 2.24) is 0 Å². The summed E-state index contributed by atoms with van der Waals surface area (Å²) in [6, 6.07) is 0. The Hall–Kier alpha value is -0.710. The van der Waals surface area contributed by atoms with Gasteiger partial charge in [0.25, 0.3) is 0 Å². The Bertz CT molecular complexity index is 625. The first-order chi connectivity index (χ1) is 11.6. The van der Waals surface area contributed by atoms with Crippen LogP contribution in [0.1, 0.15) is 65.7 Å².